The Labute approximate surface area is 508 Å². The summed E-state index contributed by atoms with van der Waals surface area (Å²) in [6, 6.07) is 16.5. The molecule has 1 aromatic heterocycles. The Balaban J connectivity index is 0.000000263. The van der Waals surface area contributed by atoms with Gasteiger partial charge in [0.1, 0.15) is 24.5 Å². The number of pyridine rings is 1. The number of terminal acetylenes is 1. The number of rotatable bonds is 14. The second kappa shape index (κ2) is 35.1. The number of hydrogen-bond acceptors (Lipinski definition) is 11. The standard InChI is InChI=1S/C32H52N4O3.C29H30FN3O.C7H13NO2.C2H6/c1-5-24(2)31(37)34(4)30-22-27(12-11-25(30)3)26-13-18-35(19-14-26)29-15-20-36(21-16-29)32(38)39-23-28-10-8-6-7-9-17-33-28;1-7-23-26(30)14-13-22-11-8-12-24(27(22)23)28-20(4)19(3)25(16-31-28)29(32-21(5)34-6)33-15-9-10-18(2)17-33;1-6(5-9)3-4-7(10)8-2;1-2/h11-12,22,24,26,28-29,33H,5-10,13-21,23H2,1-4H3;1,8,11-14,16,18H,3,9-10,15,17H2,2,4-6H3;5-6H,3-4H2,1-2H3,(H,8,10);1-2H3/b;29-25+,32-21+;;. The highest BCUT2D eigenvalue weighted by molar-refractivity contribution is 6.00. The lowest BCUT2D eigenvalue weighted by Crippen LogP contribution is -2.49. The molecule has 4 aliphatic heterocycles. The van der Waals surface area contributed by atoms with Crippen molar-refractivity contribution in [1.82, 2.24) is 30.3 Å². The number of aryl methyl sites for hydroxylation is 1. The third-order valence-electron chi connectivity index (χ3n) is 17.5. The van der Waals surface area contributed by atoms with Crippen LogP contribution in [0.15, 0.2) is 59.7 Å². The largest absolute Gasteiger partial charge is 0.484 e. The van der Waals surface area contributed by atoms with Crippen LogP contribution < -0.4 is 26.0 Å². The molecule has 4 atom stereocenters. The number of aromatic nitrogens is 1. The number of benzene rings is 3. The molecule has 15 heteroatoms. The number of likely N-dealkylation sites (tertiary alicyclic amines) is 3. The Morgan fingerprint density at radius 2 is 1.68 bits per heavy atom. The van der Waals surface area contributed by atoms with Gasteiger partial charge in [-0.05, 0) is 149 Å². The highest BCUT2D eigenvalue weighted by Crippen LogP contribution is 2.35. The number of carbonyl (C=O) groups is 4. The lowest BCUT2D eigenvalue weighted by atomic mass is 9.87. The van der Waals surface area contributed by atoms with Gasteiger partial charge in [-0.2, -0.15) is 4.99 Å². The van der Waals surface area contributed by atoms with E-state index in [1.807, 2.05) is 75.9 Å². The molecule has 3 amide bonds. The number of carbonyl (C=O) groups excluding carboxylic acids is 4. The number of methoxy groups -OCH3 is 1. The van der Waals surface area contributed by atoms with E-state index in [1.54, 1.807) is 27.1 Å². The Morgan fingerprint density at radius 1 is 0.965 bits per heavy atom. The Kier molecular flexibility index (Phi) is 28.6. The minimum Gasteiger partial charge on any atom is -0.484 e. The van der Waals surface area contributed by atoms with E-state index in [-0.39, 0.29) is 35.3 Å². The smallest absolute Gasteiger partial charge is 0.409 e. The lowest BCUT2D eigenvalue weighted by Gasteiger charge is -2.41. The van der Waals surface area contributed by atoms with Gasteiger partial charge in [0, 0.05) is 106 Å². The minimum atomic E-state index is -0.411. The van der Waals surface area contributed by atoms with E-state index in [4.69, 9.17) is 25.9 Å². The second-order valence-electron chi connectivity index (χ2n) is 23.5. The van der Waals surface area contributed by atoms with Crippen LogP contribution in [-0.4, -0.2) is 135 Å². The van der Waals surface area contributed by atoms with E-state index in [9.17, 15) is 23.6 Å². The third kappa shape index (κ3) is 19.4. The van der Waals surface area contributed by atoms with Crippen LogP contribution in [0.3, 0.4) is 0 Å². The Morgan fingerprint density at radius 3 is 2.34 bits per heavy atom. The highest BCUT2D eigenvalue weighted by atomic mass is 19.1. The summed E-state index contributed by atoms with van der Waals surface area (Å²) in [7, 11) is 5.13. The number of fused-ring (bicyclic) bond motifs is 1. The molecule has 3 aromatic carbocycles. The summed E-state index contributed by atoms with van der Waals surface area (Å²) in [5, 5.41) is 9.31. The molecule has 0 radical (unpaired) electrons. The number of aldehydes is 1. The van der Waals surface area contributed by atoms with Crippen LogP contribution in [0, 0.1) is 49.8 Å². The number of halogens is 1. The Bertz CT molecular complexity index is 3010. The van der Waals surface area contributed by atoms with Crippen LogP contribution in [0.2, 0.25) is 0 Å². The molecular formula is C70H101FN8O6. The fourth-order valence-corrected chi connectivity index (χ4v) is 11.8. The van der Waals surface area contributed by atoms with Crippen LogP contribution in [0.5, 0.6) is 0 Å². The van der Waals surface area contributed by atoms with Gasteiger partial charge in [-0.1, -0.05) is 110 Å². The maximum absolute atomic E-state index is 14.5. The number of ether oxygens (including phenoxy) is 2. The monoisotopic (exact) mass is 1170 g/mol. The van der Waals surface area contributed by atoms with Gasteiger partial charge in [0.25, 0.3) is 0 Å². The van der Waals surface area contributed by atoms with E-state index in [0.717, 1.165) is 147 Å². The van der Waals surface area contributed by atoms with E-state index >= 15 is 0 Å². The molecule has 4 saturated heterocycles. The van der Waals surface area contributed by atoms with Crippen molar-refractivity contribution in [2.24, 2.45) is 22.7 Å². The molecule has 464 valence electrons. The summed E-state index contributed by atoms with van der Waals surface area (Å²) >= 11 is 0. The number of anilines is 1. The van der Waals surface area contributed by atoms with Crippen molar-refractivity contribution in [3.63, 3.8) is 0 Å². The molecule has 0 aliphatic carbocycles. The number of piperidine rings is 3. The van der Waals surface area contributed by atoms with Crippen LogP contribution >= 0.6 is 0 Å². The van der Waals surface area contributed by atoms with Crippen molar-refractivity contribution in [1.29, 1.82) is 0 Å². The van der Waals surface area contributed by atoms with Crippen molar-refractivity contribution < 1.29 is 33.0 Å². The summed E-state index contributed by atoms with van der Waals surface area (Å²) in [4.78, 5) is 64.6. The van der Waals surface area contributed by atoms with Crippen molar-refractivity contribution in [2.45, 2.75) is 170 Å². The molecule has 0 spiro atoms. The van der Waals surface area contributed by atoms with E-state index in [0.29, 0.717) is 54.7 Å². The summed E-state index contributed by atoms with van der Waals surface area (Å²) < 4.78 is 25.6. The fourth-order valence-electron chi connectivity index (χ4n) is 11.8. The number of nitrogens with one attached hydrogen (secondary N) is 2. The zero-order valence-corrected chi connectivity index (χ0v) is 53.6. The first-order valence-electron chi connectivity index (χ1n) is 31.6. The average molecular weight is 1170 g/mol. The van der Waals surface area contributed by atoms with E-state index in [2.05, 4.69) is 71.9 Å². The molecule has 4 aliphatic rings. The molecule has 0 saturated carbocycles. The van der Waals surface area contributed by atoms with Crippen LogP contribution in [0.4, 0.5) is 14.9 Å². The summed E-state index contributed by atoms with van der Waals surface area (Å²) in [5.41, 5.74) is 6.24. The molecule has 4 unspecified atom stereocenters. The van der Waals surface area contributed by atoms with Gasteiger partial charge in [-0.25, -0.2) is 9.18 Å². The zero-order valence-electron chi connectivity index (χ0n) is 53.6. The van der Waals surface area contributed by atoms with Gasteiger partial charge < -0.3 is 44.5 Å². The fraction of sp³-hybridized carbons (Fsp3) is 0.571. The zero-order chi connectivity index (χ0) is 62.2. The third-order valence-corrected chi connectivity index (χ3v) is 17.5. The van der Waals surface area contributed by atoms with Gasteiger partial charge in [0.2, 0.25) is 11.8 Å². The highest BCUT2D eigenvalue weighted by Gasteiger charge is 2.32. The predicted molar refractivity (Wildman–Crippen MR) is 346 cm³/mol. The number of aliphatic imine (C=N–C) groups is 1. The molecule has 0 bridgehead atoms. The molecule has 8 rings (SSSR count). The summed E-state index contributed by atoms with van der Waals surface area (Å²) in [6.07, 6.45) is 23.0. The topological polar surface area (TPSA) is 149 Å². The minimum absolute atomic E-state index is 0.00250. The van der Waals surface area contributed by atoms with Crippen molar-refractivity contribution >= 4 is 59.0 Å². The molecule has 4 fully saturated rings. The van der Waals surface area contributed by atoms with Gasteiger partial charge in [-0.3, -0.25) is 14.6 Å². The molecular weight excluding hydrogens is 1070 g/mol. The van der Waals surface area contributed by atoms with E-state index in [1.165, 1.54) is 43.7 Å². The normalized spacial score (nSPS) is 19.1. The van der Waals surface area contributed by atoms with Crippen LogP contribution in [-0.2, 0) is 23.9 Å². The predicted octanol–water partition coefficient (Wildman–Crippen LogP) is 11.7. The van der Waals surface area contributed by atoms with Gasteiger partial charge >= 0.3 is 6.09 Å². The summed E-state index contributed by atoms with van der Waals surface area (Å²) in [6.45, 7) is 29.6. The van der Waals surface area contributed by atoms with Crippen molar-refractivity contribution in [2.75, 3.05) is 78.5 Å². The first kappa shape index (κ1) is 69.1. The van der Waals surface area contributed by atoms with E-state index < -0.39 is 5.82 Å². The molecule has 14 nitrogen and oxygen atoms in total. The first-order chi connectivity index (χ1) is 40.9. The molecule has 5 heterocycles. The average Bonchev–Trinajstić information content (AvgIpc) is 2.05. The number of amides is 3. The number of hydrogen-bond donors (Lipinski definition) is 2. The SMILES string of the molecule is C#Cc1c(F)ccc2cccc(-c3nc/c(=C(/N=C(\C)OC)N4CCCC(C)C4)c(=C)c3C)c12.CC.CCC(C)C(=O)N(C)c1cc(C2CCN(C3CCN(C(=O)OCC4CCCCCCN4)CC3)CC2)ccc1C.CNC(=O)CCC(C)C=O. The van der Waals surface area contributed by atoms with Gasteiger partial charge in [0.05, 0.1) is 18.4 Å². The lowest BCUT2D eigenvalue weighted by molar-refractivity contribution is -0.122. The number of nitrogens with zero attached hydrogens (tertiary/aromatic N) is 6. The van der Waals surface area contributed by atoms with Crippen LogP contribution in [0.25, 0.3) is 34.4 Å². The molecule has 4 aromatic rings. The maximum atomic E-state index is 14.5. The Hall–Kier alpha value is -6.63. The van der Waals surface area contributed by atoms with Gasteiger partial charge in [-0.15, -0.1) is 6.42 Å². The molecule has 85 heavy (non-hydrogen) atoms. The second-order valence-corrected chi connectivity index (χ2v) is 23.5. The quantitative estimate of drug-likeness (QED) is 0.0541. The van der Waals surface area contributed by atoms with Crippen LogP contribution in [0.1, 0.15) is 167 Å². The van der Waals surface area contributed by atoms with Crippen molar-refractivity contribution in [3.05, 3.63) is 93.2 Å². The van der Waals surface area contributed by atoms with Crippen molar-refractivity contribution in [3.8, 4) is 23.6 Å². The van der Waals surface area contributed by atoms with Gasteiger partial charge in [0.15, 0.2) is 5.90 Å². The maximum Gasteiger partial charge on any atom is 0.409 e. The first-order valence-corrected chi connectivity index (χ1v) is 31.6. The molecule has 2 N–H and O–H groups in total. The summed E-state index contributed by atoms with van der Waals surface area (Å²) in [5.74, 6) is 4.86.